The molecule has 0 unspecified atom stereocenters. The molecular formula is C19H23N3O2. The Balaban J connectivity index is 1.73. The summed E-state index contributed by atoms with van der Waals surface area (Å²) in [5.41, 5.74) is 5.98. The first-order valence-corrected chi connectivity index (χ1v) is 8.68. The molecule has 1 amide bonds. The van der Waals surface area contributed by atoms with Gasteiger partial charge in [-0.3, -0.25) is 9.89 Å². The first-order chi connectivity index (χ1) is 11.5. The van der Waals surface area contributed by atoms with Gasteiger partial charge in [0.2, 0.25) is 0 Å². The van der Waals surface area contributed by atoms with Crippen LogP contribution >= 0.6 is 0 Å². The number of nitrogens with zero attached hydrogens (tertiary/aromatic N) is 2. The predicted molar refractivity (Wildman–Crippen MR) is 92.4 cm³/mol. The van der Waals surface area contributed by atoms with Crippen LogP contribution < -0.4 is 4.90 Å². The van der Waals surface area contributed by atoms with Crippen LogP contribution in [0.5, 0.6) is 0 Å². The van der Waals surface area contributed by atoms with Crippen molar-refractivity contribution in [2.24, 2.45) is 0 Å². The van der Waals surface area contributed by atoms with Gasteiger partial charge in [-0.25, -0.2) is 0 Å². The van der Waals surface area contributed by atoms with E-state index in [1.165, 1.54) is 11.1 Å². The molecule has 2 aromatic rings. The van der Waals surface area contributed by atoms with E-state index in [0.29, 0.717) is 5.69 Å². The van der Waals surface area contributed by atoms with Gasteiger partial charge in [0.05, 0.1) is 17.9 Å². The lowest BCUT2D eigenvalue weighted by atomic mass is 9.97. The number of carbonyl (C=O) groups is 1. The van der Waals surface area contributed by atoms with E-state index in [1.54, 1.807) is 0 Å². The molecule has 0 bridgehead atoms. The highest BCUT2D eigenvalue weighted by Gasteiger charge is 2.33. The summed E-state index contributed by atoms with van der Waals surface area (Å²) in [6.45, 7) is 6.86. The fourth-order valence-corrected chi connectivity index (χ4v) is 3.87. The molecule has 5 nitrogen and oxygen atoms in total. The van der Waals surface area contributed by atoms with Crippen LogP contribution in [0.1, 0.15) is 59.2 Å². The summed E-state index contributed by atoms with van der Waals surface area (Å²) in [6, 6.07) is 6.37. The van der Waals surface area contributed by atoms with Crippen molar-refractivity contribution >= 4 is 11.6 Å². The van der Waals surface area contributed by atoms with Crippen molar-refractivity contribution in [2.45, 2.75) is 52.2 Å². The minimum absolute atomic E-state index is 0.000324. The number of aryl methyl sites for hydroxylation is 2. The number of H-pyrrole nitrogens is 1. The third-order valence-electron chi connectivity index (χ3n) is 5.04. The molecule has 1 aromatic carbocycles. The molecular weight excluding hydrogens is 302 g/mol. The summed E-state index contributed by atoms with van der Waals surface area (Å²) in [4.78, 5) is 15.1. The third kappa shape index (κ3) is 2.44. The van der Waals surface area contributed by atoms with Gasteiger partial charge in [-0.2, -0.15) is 5.10 Å². The van der Waals surface area contributed by atoms with Crippen LogP contribution in [0.2, 0.25) is 0 Å². The van der Waals surface area contributed by atoms with Gasteiger partial charge in [0.25, 0.3) is 5.91 Å². The normalized spacial score (nSPS) is 22.9. The molecule has 0 aliphatic carbocycles. The second kappa shape index (κ2) is 5.74. The zero-order valence-corrected chi connectivity index (χ0v) is 14.4. The van der Waals surface area contributed by atoms with E-state index in [4.69, 9.17) is 4.74 Å². The van der Waals surface area contributed by atoms with Crippen molar-refractivity contribution in [3.8, 4) is 0 Å². The summed E-state index contributed by atoms with van der Waals surface area (Å²) in [7, 11) is 0. The van der Waals surface area contributed by atoms with Crippen LogP contribution in [0, 0.1) is 6.92 Å². The number of benzene rings is 1. The molecule has 126 valence electrons. The molecule has 0 saturated carbocycles. The average molecular weight is 325 g/mol. The van der Waals surface area contributed by atoms with Crippen molar-refractivity contribution in [3.63, 3.8) is 0 Å². The largest absolute Gasteiger partial charge is 0.369 e. The third-order valence-corrected chi connectivity index (χ3v) is 5.04. The van der Waals surface area contributed by atoms with Gasteiger partial charge in [0, 0.05) is 24.2 Å². The molecule has 0 spiro atoms. The first-order valence-electron chi connectivity index (χ1n) is 8.68. The van der Waals surface area contributed by atoms with Crippen LogP contribution in [-0.4, -0.2) is 28.8 Å². The van der Waals surface area contributed by atoms with Crippen molar-refractivity contribution in [1.29, 1.82) is 0 Å². The van der Waals surface area contributed by atoms with Crippen LogP contribution in [0.15, 0.2) is 18.2 Å². The van der Waals surface area contributed by atoms with E-state index < -0.39 is 0 Å². The fourth-order valence-electron chi connectivity index (χ4n) is 3.87. The molecule has 5 heteroatoms. The maximum atomic E-state index is 13.2. The van der Waals surface area contributed by atoms with Crippen LogP contribution in [0.3, 0.4) is 0 Å². The van der Waals surface area contributed by atoms with Gasteiger partial charge in [0.1, 0.15) is 0 Å². The highest BCUT2D eigenvalue weighted by atomic mass is 16.5. The predicted octanol–water partition coefficient (Wildman–Crippen LogP) is 3.33. The maximum absolute atomic E-state index is 13.2. The molecule has 4 rings (SSSR count). The number of fused-ring (bicyclic) bond motifs is 2. The van der Waals surface area contributed by atoms with Gasteiger partial charge in [-0.15, -0.1) is 0 Å². The minimum atomic E-state index is -0.0475. The number of aromatic amines is 1. The Morgan fingerprint density at radius 3 is 3.04 bits per heavy atom. The summed E-state index contributed by atoms with van der Waals surface area (Å²) >= 11 is 0. The smallest absolute Gasteiger partial charge is 0.279 e. The number of hydrogen-bond donors (Lipinski definition) is 1. The molecule has 1 N–H and O–H groups in total. The number of anilines is 1. The Morgan fingerprint density at radius 2 is 2.21 bits per heavy atom. The summed E-state index contributed by atoms with van der Waals surface area (Å²) < 4.78 is 5.83. The Labute approximate surface area is 142 Å². The quantitative estimate of drug-likeness (QED) is 0.875. The topological polar surface area (TPSA) is 58.2 Å². The second-order valence-electron chi connectivity index (χ2n) is 6.95. The first kappa shape index (κ1) is 15.4. The zero-order valence-electron chi connectivity index (χ0n) is 14.4. The van der Waals surface area contributed by atoms with E-state index in [9.17, 15) is 4.79 Å². The zero-order chi connectivity index (χ0) is 16.8. The lowest BCUT2D eigenvalue weighted by Crippen LogP contribution is -2.36. The number of hydrogen-bond acceptors (Lipinski definition) is 3. The van der Waals surface area contributed by atoms with Gasteiger partial charge >= 0.3 is 0 Å². The van der Waals surface area contributed by atoms with E-state index in [2.05, 4.69) is 35.3 Å². The Kier molecular flexibility index (Phi) is 3.68. The number of aromatic nitrogens is 2. The van der Waals surface area contributed by atoms with Crippen molar-refractivity contribution < 1.29 is 9.53 Å². The average Bonchev–Trinajstić information content (AvgIpc) is 2.97. The van der Waals surface area contributed by atoms with Gasteiger partial charge in [0.15, 0.2) is 5.69 Å². The monoisotopic (exact) mass is 325 g/mol. The Morgan fingerprint density at radius 1 is 1.38 bits per heavy atom. The standard InChI is InChI=1S/C19H23N3O2/c1-11-6-7-14-5-4-8-22(16(14)9-11)19(23)18-15-10-12(2)24-13(3)17(15)20-21-18/h6-7,9,12-13H,4-5,8,10H2,1-3H3,(H,20,21)/t12-,13+/m1/s1. The SMILES string of the molecule is Cc1ccc2c(c1)N(C(=O)c1n[nH]c3c1C[C@@H](C)O[C@H]3C)CCC2. The van der Waals surface area contributed by atoms with E-state index in [-0.39, 0.29) is 18.1 Å². The number of amides is 1. The molecule has 24 heavy (non-hydrogen) atoms. The lowest BCUT2D eigenvalue weighted by molar-refractivity contribution is -0.00696. The van der Waals surface area contributed by atoms with Crippen molar-refractivity contribution in [1.82, 2.24) is 10.2 Å². The van der Waals surface area contributed by atoms with Crippen molar-refractivity contribution in [2.75, 3.05) is 11.4 Å². The Bertz CT molecular complexity index is 796. The van der Waals surface area contributed by atoms with E-state index in [0.717, 1.165) is 42.8 Å². The number of nitrogens with one attached hydrogen (secondary N) is 1. The second-order valence-corrected chi connectivity index (χ2v) is 6.95. The molecule has 0 radical (unpaired) electrons. The molecule has 0 fully saturated rings. The molecule has 0 saturated heterocycles. The highest BCUT2D eigenvalue weighted by Crippen LogP contribution is 2.33. The summed E-state index contributed by atoms with van der Waals surface area (Å²) in [6.07, 6.45) is 2.80. The Hall–Kier alpha value is -2.14. The maximum Gasteiger partial charge on any atom is 0.279 e. The van der Waals surface area contributed by atoms with Crippen LogP contribution in [0.4, 0.5) is 5.69 Å². The molecule has 3 heterocycles. The fraction of sp³-hybridized carbons (Fsp3) is 0.474. The van der Waals surface area contributed by atoms with Crippen LogP contribution in [0.25, 0.3) is 0 Å². The van der Waals surface area contributed by atoms with Gasteiger partial charge in [-0.05, 0) is 50.8 Å². The van der Waals surface area contributed by atoms with Crippen LogP contribution in [-0.2, 0) is 17.6 Å². The molecule has 1 aromatic heterocycles. The summed E-state index contributed by atoms with van der Waals surface area (Å²) in [5, 5.41) is 7.39. The van der Waals surface area contributed by atoms with E-state index in [1.807, 2.05) is 18.7 Å². The number of carbonyl (C=O) groups excluding carboxylic acids is 1. The lowest BCUT2D eigenvalue weighted by Gasteiger charge is -2.30. The number of ether oxygens (including phenoxy) is 1. The van der Waals surface area contributed by atoms with Gasteiger partial charge in [-0.1, -0.05) is 12.1 Å². The minimum Gasteiger partial charge on any atom is -0.369 e. The van der Waals surface area contributed by atoms with Crippen molar-refractivity contribution in [3.05, 3.63) is 46.3 Å². The van der Waals surface area contributed by atoms with E-state index >= 15 is 0 Å². The molecule has 2 aliphatic rings. The van der Waals surface area contributed by atoms with Gasteiger partial charge < -0.3 is 9.64 Å². The molecule has 2 aliphatic heterocycles. The molecule has 2 atom stereocenters. The highest BCUT2D eigenvalue weighted by molar-refractivity contribution is 6.06. The summed E-state index contributed by atoms with van der Waals surface area (Å²) in [5.74, 6) is 0.000324. The number of rotatable bonds is 1.